The third-order valence-corrected chi connectivity index (χ3v) is 6.60. The summed E-state index contributed by atoms with van der Waals surface area (Å²) in [5.74, 6) is -0.627. The van der Waals surface area contributed by atoms with Crippen LogP contribution in [0.4, 0.5) is 13.6 Å². The van der Waals surface area contributed by atoms with Crippen LogP contribution < -0.4 is 0 Å². The number of rotatable bonds is 4. The van der Waals surface area contributed by atoms with E-state index in [4.69, 9.17) is 4.74 Å². The molecule has 0 bridgehead atoms. The minimum absolute atomic E-state index is 0. The molecule has 32 heavy (non-hydrogen) atoms. The minimum Gasteiger partial charge on any atom is -0.437 e. The zero-order valence-electron chi connectivity index (χ0n) is 18.1. The van der Waals surface area contributed by atoms with E-state index >= 15 is 0 Å². The molecule has 172 valence electrons. The van der Waals surface area contributed by atoms with Gasteiger partial charge in [0.2, 0.25) is 0 Å². The van der Waals surface area contributed by atoms with Crippen molar-refractivity contribution in [2.24, 2.45) is 0 Å². The number of nitrogens with zero attached hydrogens (tertiary/aromatic N) is 2. The predicted octanol–water partition coefficient (Wildman–Crippen LogP) is 4.44. The Kier molecular flexibility index (Phi) is 6.93. The van der Waals surface area contributed by atoms with Crippen LogP contribution in [0.1, 0.15) is 30.9 Å². The van der Waals surface area contributed by atoms with Crippen LogP contribution in [0.5, 0.6) is 0 Å². The summed E-state index contributed by atoms with van der Waals surface area (Å²) >= 11 is 0. The first-order valence-corrected chi connectivity index (χ1v) is 10.4. The van der Waals surface area contributed by atoms with Gasteiger partial charge in [-0.2, -0.15) is 0 Å². The van der Waals surface area contributed by atoms with E-state index in [1.54, 1.807) is 38.2 Å². The number of likely N-dealkylation sites (N-methyl/N-ethyl adjacent to an activating group) is 1. The van der Waals surface area contributed by atoms with Crippen molar-refractivity contribution < 1.29 is 23.4 Å². The van der Waals surface area contributed by atoms with Crippen LogP contribution in [0.15, 0.2) is 54.6 Å². The Morgan fingerprint density at radius 1 is 1.03 bits per heavy atom. The lowest BCUT2D eigenvalue weighted by atomic mass is 9.82. The molecule has 1 spiro atoms. The molecular weight excluding hydrogens is 438 g/mol. The van der Waals surface area contributed by atoms with Crippen molar-refractivity contribution in [1.82, 2.24) is 9.80 Å². The van der Waals surface area contributed by atoms with Crippen LogP contribution >= 0.6 is 12.4 Å². The predicted molar refractivity (Wildman–Crippen MR) is 120 cm³/mol. The summed E-state index contributed by atoms with van der Waals surface area (Å²) in [6.07, 6.45) is 2.58. The molecule has 2 aromatic rings. The molecule has 2 heterocycles. The molecule has 1 N–H and O–H groups in total. The Labute approximate surface area is 192 Å². The van der Waals surface area contributed by atoms with E-state index in [-0.39, 0.29) is 24.0 Å². The summed E-state index contributed by atoms with van der Waals surface area (Å²) in [5.41, 5.74) is 0.320. The van der Waals surface area contributed by atoms with Crippen molar-refractivity contribution in [3.8, 4) is 0 Å². The summed E-state index contributed by atoms with van der Waals surface area (Å²) in [6.45, 7) is 3.53. The number of likely N-dealkylation sites (tertiary alicyclic amines) is 1. The Morgan fingerprint density at radius 2 is 1.50 bits per heavy atom. The van der Waals surface area contributed by atoms with Gasteiger partial charge in [-0.1, -0.05) is 30.3 Å². The first-order valence-electron chi connectivity index (χ1n) is 10.4. The quantitative estimate of drug-likeness (QED) is 0.726. The molecule has 2 saturated heterocycles. The van der Waals surface area contributed by atoms with Crippen molar-refractivity contribution >= 4 is 24.1 Å². The van der Waals surface area contributed by atoms with Gasteiger partial charge in [-0.15, -0.1) is 12.4 Å². The molecule has 4 rings (SSSR count). The summed E-state index contributed by atoms with van der Waals surface area (Å²) < 4.78 is 32.4. The maximum Gasteiger partial charge on any atom is 0.412 e. The minimum atomic E-state index is -1.35. The standard InChI is InChI=1S/C24H26F2N2O3.ClH/c1-23(30)24(31-22(29)27(23)2)12-15-28(16-13-24)14-11-21(17-3-7-19(25)8-4-17)18-5-9-20(26)10-6-18;/h3-11,30H,12-16H2,1-2H3;1H. The van der Waals surface area contributed by atoms with Gasteiger partial charge in [0, 0.05) is 39.5 Å². The fourth-order valence-electron chi connectivity index (χ4n) is 4.37. The van der Waals surface area contributed by atoms with E-state index in [9.17, 15) is 18.7 Å². The molecule has 0 aromatic heterocycles. The number of carbonyl (C=O) groups is 1. The van der Waals surface area contributed by atoms with Crippen molar-refractivity contribution in [3.63, 3.8) is 0 Å². The maximum absolute atomic E-state index is 13.4. The SMILES string of the molecule is CN1C(=O)OC2(CCN(CC=C(c3ccc(F)cc3)c3ccc(F)cc3)CC2)C1(C)O.Cl. The fraction of sp³-hybridized carbons (Fsp3) is 0.375. The Morgan fingerprint density at radius 3 is 1.91 bits per heavy atom. The molecule has 0 aliphatic carbocycles. The second kappa shape index (κ2) is 9.17. The number of ether oxygens (including phenoxy) is 1. The average Bonchev–Trinajstić information content (AvgIpc) is 2.92. The van der Waals surface area contributed by atoms with Crippen LogP contribution in [-0.2, 0) is 4.74 Å². The van der Waals surface area contributed by atoms with Crippen LogP contribution in [0, 0.1) is 11.6 Å². The molecule has 2 aliphatic heterocycles. The van der Waals surface area contributed by atoms with Gasteiger partial charge in [-0.3, -0.25) is 9.80 Å². The molecule has 1 unspecified atom stereocenters. The number of hydrogen-bond acceptors (Lipinski definition) is 4. The van der Waals surface area contributed by atoms with Gasteiger partial charge in [0.25, 0.3) is 0 Å². The maximum atomic E-state index is 13.4. The molecule has 0 saturated carbocycles. The zero-order valence-corrected chi connectivity index (χ0v) is 18.9. The molecular formula is C24H27ClF2N2O3. The van der Waals surface area contributed by atoms with Crippen LogP contribution in [0.25, 0.3) is 5.57 Å². The van der Waals surface area contributed by atoms with Crippen molar-refractivity contribution in [1.29, 1.82) is 0 Å². The molecule has 2 fully saturated rings. The zero-order chi connectivity index (χ0) is 22.2. The van der Waals surface area contributed by atoms with Gasteiger partial charge in [-0.05, 0) is 47.9 Å². The largest absolute Gasteiger partial charge is 0.437 e. The van der Waals surface area contributed by atoms with E-state index < -0.39 is 17.4 Å². The number of amides is 1. The van der Waals surface area contributed by atoms with Crippen LogP contribution in [0.2, 0.25) is 0 Å². The normalized spacial score (nSPS) is 22.4. The summed E-state index contributed by atoms with van der Waals surface area (Å²) in [5, 5.41) is 10.8. The van der Waals surface area contributed by atoms with E-state index in [1.165, 1.54) is 29.2 Å². The highest BCUT2D eigenvalue weighted by molar-refractivity contribution is 5.85. The number of aliphatic hydroxyl groups is 1. The second-order valence-corrected chi connectivity index (χ2v) is 8.37. The summed E-state index contributed by atoms with van der Waals surface area (Å²) in [7, 11) is 1.55. The second-order valence-electron chi connectivity index (χ2n) is 8.37. The number of piperidine rings is 1. The van der Waals surface area contributed by atoms with Gasteiger partial charge in [0.15, 0.2) is 11.3 Å². The number of halogens is 3. The lowest BCUT2D eigenvalue weighted by Crippen LogP contribution is -2.59. The van der Waals surface area contributed by atoms with Crippen molar-refractivity contribution in [2.75, 3.05) is 26.7 Å². The number of carbonyl (C=O) groups excluding carboxylic acids is 1. The molecule has 2 aliphatic rings. The van der Waals surface area contributed by atoms with Gasteiger partial charge < -0.3 is 9.84 Å². The van der Waals surface area contributed by atoms with Gasteiger partial charge in [0.1, 0.15) is 11.6 Å². The molecule has 0 radical (unpaired) electrons. The third-order valence-electron chi connectivity index (χ3n) is 6.60. The summed E-state index contributed by atoms with van der Waals surface area (Å²) in [4.78, 5) is 15.5. The molecule has 5 nitrogen and oxygen atoms in total. The van der Waals surface area contributed by atoms with Gasteiger partial charge in [-0.25, -0.2) is 13.6 Å². The smallest absolute Gasteiger partial charge is 0.412 e. The topological polar surface area (TPSA) is 53.0 Å². The van der Waals surface area contributed by atoms with Gasteiger partial charge >= 0.3 is 6.09 Å². The average molecular weight is 465 g/mol. The van der Waals surface area contributed by atoms with E-state index in [0.717, 1.165) is 16.7 Å². The monoisotopic (exact) mass is 464 g/mol. The summed E-state index contributed by atoms with van der Waals surface area (Å²) in [6, 6.07) is 12.5. The highest BCUT2D eigenvalue weighted by Crippen LogP contribution is 2.43. The number of benzene rings is 2. The van der Waals surface area contributed by atoms with Crippen LogP contribution in [-0.4, -0.2) is 59.0 Å². The van der Waals surface area contributed by atoms with Gasteiger partial charge in [0.05, 0.1) is 0 Å². The first kappa shape index (κ1) is 24.2. The van der Waals surface area contributed by atoms with Crippen molar-refractivity contribution in [3.05, 3.63) is 77.4 Å². The Balaban J connectivity index is 0.00000289. The Bertz CT molecular complexity index is 938. The Hall–Kier alpha value is -2.48. The van der Waals surface area contributed by atoms with E-state index in [1.807, 2.05) is 6.08 Å². The fourth-order valence-corrected chi connectivity index (χ4v) is 4.37. The van der Waals surface area contributed by atoms with E-state index in [0.29, 0.717) is 32.5 Å². The van der Waals surface area contributed by atoms with E-state index in [2.05, 4.69) is 4.90 Å². The molecule has 1 atom stereocenters. The van der Waals surface area contributed by atoms with Crippen LogP contribution in [0.3, 0.4) is 0 Å². The van der Waals surface area contributed by atoms with Crippen molar-refractivity contribution in [2.45, 2.75) is 31.1 Å². The first-order chi connectivity index (χ1) is 14.7. The molecule has 2 aromatic carbocycles. The lowest BCUT2D eigenvalue weighted by Gasteiger charge is -2.44. The highest BCUT2D eigenvalue weighted by atomic mass is 35.5. The third kappa shape index (κ3) is 4.37. The lowest BCUT2D eigenvalue weighted by molar-refractivity contribution is -0.160. The molecule has 1 amide bonds. The molecule has 8 heteroatoms. The highest BCUT2D eigenvalue weighted by Gasteiger charge is 2.61. The number of hydrogen-bond donors (Lipinski definition) is 1.